The van der Waals surface area contributed by atoms with Crippen LogP contribution >= 0.6 is 11.6 Å². The van der Waals surface area contributed by atoms with Crippen molar-refractivity contribution in [2.24, 2.45) is 0 Å². The molecule has 0 saturated carbocycles. The fraction of sp³-hybridized carbons (Fsp3) is 0.133. The Hall–Kier alpha value is -2.18. The Balaban J connectivity index is 2.03. The molecule has 0 heterocycles. The third-order valence-electron chi connectivity index (χ3n) is 2.59. The van der Waals surface area contributed by atoms with E-state index in [1.54, 1.807) is 0 Å². The average molecular weight is 273 g/mol. The summed E-state index contributed by atoms with van der Waals surface area (Å²) in [4.78, 5) is 0. The molecule has 2 aromatic rings. The molecule has 2 aromatic carbocycles. The lowest BCUT2D eigenvalue weighted by molar-refractivity contribution is 0.364. The Morgan fingerprint density at radius 2 is 1.84 bits per heavy atom. The molecule has 0 amide bonds. The molecule has 0 radical (unpaired) electrons. The molecule has 0 atom stereocenters. The third-order valence-corrected chi connectivity index (χ3v) is 2.84. The van der Waals surface area contributed by atoms with Gasteiger partial charge in [0.2, 0.25) is 0 Å². The van der Waals surface area contributed by atoms with Crippen molar-refractivity contribution in [1.82, 2.24) is 0 Å². The number of rotatable bonds is 5. The van der Waals surface area contributed by atoms with Crippen molar-refractivity contribution in [3.63, 3.8) is 0 Å². The van der Waals surface area contributed by atoms with Crippen molar-refractivity contribution in [3.8, 4) is 11.8 Å². The SMILES string of the molecule is N#CCOc1ccccc1CNc1ccc(Cl)cc1. The van der Waals surface area contributed by atoms with E-state index in [4.69, 9.17) is 21.6 Å². The Kier molecular flexibility index (Phi) is 4.66. The first-order valence-electron chi connectivity index (χ1n) is 5.86. The summed E-state index contributed by atoms with van der Waals surface area (Å²) < 4.78 is 5.37. The van der Waals surface area contributed by atoms with E-state index < -0.39 is 0 Å². The van der Waals surface area contributed by atoms with Crippen molar-refractivity contribution >= 4 is 17.3 Å². The molecule has 0 aliphatic heterocycles. The van der Waals surface area contributed by atoms with Crippen LogP contribution in [0.1, 0.15) is 5.56 Å². The zero-order valence-corrected chi connectivity index (χ0v) is 11.0. The summed E-state index contributed by atoms with van der Waals surface area (Å²) in [6.45, 7) is 0.682. The van der Waals surface area contributed by atoms with E-state index in [1.165, 1.54) is 0 Å². The second-order valence-electron chi connectivity index (χ2n) is 3.91. The van der Waals surface area contributed by atoms with Gasteiger partial charge in [0, 0.05) is 22.8 Å². The van der Waals surface area contributed by atoms with Crippen LogP contribution in [0.15, 0.2) is 48.5 Å². The molecule has 4 heteroatoms. The van der Waals surface area contributed by atoms with Gasteiger partial charge in [-0.3, -0.25) is 0 Å². The lowest BCUT2D eigenvalue weighted by Gasteiger charge is -2.11. The summed E-state index contributed by atoms with van der Waals surface area (Å²) in [5.41, 5.74) is 1.99. The summed E-state index contributed by atoms with van der Waals surface area (Å²) in [7, 11) is 0. The normalized spacial score (nSPS) is 9.68. The van der Waals surface area contributed by atoms with E-state index in [2.05, 4.69) is 5.32 Å². The molecular weight excluding hydrogens is 260 g/mol. The van der Waals surface area contributed by atoms with Crippen molar-refractivity contribution in [1.29, 1.82) is 5.26 Å². The number of anilines is 1. The highest BCUT2D eigenvalue weighted by atomic mass is 35.5. The molecule has 0 spiro atoms. The van der Waals surface area contributed by atoms with Crippen LogP contribution in [-0.2, 0) is 6.54 Å². The Morgan fingerprint density at radius 1 is 1.11 bits per heavy atom. The minimum absolute atomic E-state index is 0.0535. The van der Waals surface area contributed by atoms with Gasteiger partial charge in [0.25, 0.3) is 0 Å². The first kappa shape index (κ1) is 13.3. The minimum atomic E-state index is 0.0535. The maximum atomic E-state index is 8.55. The smallest absolute Gasteiger partial charge is 0.174 e. The van der Waals surface area contributed by atoms with Gasteiger partial charge in [0.15, 0.2) is 6.61 Å². The van der Waals surface area contributed by atoms with Crippen molar-refractivity contribution < 1.29 is 4.74 Å². The Morgan fingerprint density at radius 3 is 2.58 bits per heavy atom. The molecule has 0 aliphatic rings. The zero-order valence-electron chi connectivity index (χ0n) is 10.3. The average Bonchev–Trinajstić information content (AvgIpc) is 2.45. The second kappa shape index (κ2) is 6.67. The highest BCUT2D eigenvalue weighted by Gasteiger charge is 2.02. The van der Waals surface area contributed by atoms with Gasteiger partial charge in [-0.2, -0.15) is 5.26 Å². The van der Waals surface area contributed by atoms with Crippen LogP contribution in [0, 0.1) is 11.3 Å². The third kappa shape index (κ3) is 3.90. The van der Waals surface area contributed by atoms with Crippen molar-refractivity contribution in [2.75, 3.05) is 11.9 Å². The quantitative estimate of drug-likeness (QED) is 0.899. The Bertz CT molecular complexity index is 575. The Labute approximate surface area is 117 Å². The topological polar surface area (TPSA) is 45.0 Å². The number of halogens is 1. The van der Waals surface area contributed by atoms with E-state index in [9.17, 15) is 0 Å². The molecule has 0 aliphatic carbocycles. The number of nitrogens with zero attached hydrogens (tertiary/aromatic N) is 1. The molecule has 1 N–H and O–H groups in total. The van der Waals surface area contributed by atoms with Gasteiger partial charge >= 0.3 is 0 Å². The van der Waals surface area contributed by atoms with Crippen LogP contribution in [0.3, 0.4) is 0 Å². The van der Waals surface area contributed by atoms with Crippen LogP contribution in [0.25, 0.3) is 0 Å². The van der Waals surface area contributed by atoms with Crippen molar-refractivity contribution in [3.05, 3.63) is 59.1 Å². The number of ether oxygens (including phenoxy) is 1. The molecular formula is C15H13ClN2O. The molecule has 0 fully saturated rings. The lowest BCUT2D eigenvalue weighted by atomic mass is 10.2. The van der Waals surface area contributed by atoms with E-state index in [0.717, 1.165) is 17.0 Å². The summed E-state index contributed by atoms with van der Waals surface area (Å²) in [5, 5.41) is 12.5. The number of benzene rings is 2. The fourth-order valence-corrected chi connectivity index (χ4v) is 1.79. The highest BCUT2D eigenvalue weighted by Crippen LogP contribution is 2.20. The monoisotopic (exact) mass is 272 g/mol. The largest absolute Gasteiger partial charge is 0.478 e. The van der Waals surface area contributed by atoms with Gasteiger partial charge in [-0.25, -0.2) is 0 Å². The van der Waals surface area contributed by atoms with Crippen LogP contribution in [0.4, 0.5) is 5.69 Å². The maximum absolute atomic E-state index is 8.55. The lowest BCUT2D eigenvalue weighted by Crippen LogP contribution is -2.03. The highest BCUT2D eigenvalue weighted by molar-refractivity contribution is 6.30. The molecule has 19 heavy (non-hydrogen) atoms. The fourth-order valence-electron chi connectivity index (χ4n) is 1.67. The summed E-state index contributed by atoms with van der Waals surface area (Å²) in [6, 6.07) is 17.1. The number of para-hydroxylation sites is 1. The second-order valence-corrected chi connectivity index (χ2v) is 4.35. The molecule has 0 bridgehead atoms. The van der Waals surface area contributed by atoms with Gasteiger partial charge in [-0.05, 0) is 30.3 Å². The maximum Gasteiger partial charge on any atom is 0.174 e. The molecule has 0 saturated heterocycles. The van der Waals surface area contributed by atoms with E-state index in [-0.39, 0.29) is 6.61 Å². The zero-order chi connectivity index (χ0) is 13.5. The first-order valence-corrected chi connectivity index (χ1v) is 6.24. The minimum Gasteiger partial charge on any atom is -0.478 e. The van der Waals surface area contributed by atoms with Crippen LogP contribution in [-0.4, -0.2) is 6.61 Å². The van der Waals surface area contributed by atoms with Crippen LogP contribution < -0.4 is 10.1 Å². The molecule has 3 nitrogen and oxygen atoms in total. The summed E-state index contributed by atoms with van der Waals surface area (Å²) >= 11 is 5.83. The van der Waals surface area contributed by atoms with E-state index >= 15 is 0 Å². The van der Waals surface area contributed by atoms with Gasteiger partial charge in [-0.15, -0.1) is 0 Å². The number of hydrogen-bond acceptors (Lipinski definition) is 3. The summed E-state index contributed by atoms with van der Waals surface area (Å²) in [6.07, 6.45) is 0. The van der Waals surface area contributed by atoms with Gasteiger partial charge < -0.3 is 10.1 Å². The van der Waals surface area contributed by atoms with Gasteiger partial charge in [0.1, 0.15) is 11.8 Å². The molecule has 2 rings (SSSR count). The molecule has 0 unspecified atom stereocenters. The van der Waals surface area contributed by atoms with Crippen LogP contribution in [0.5, 0.6) is 5.75 Å². The van der Waals surface area contributed by atoms with Crippen molar-refractivity contribution in [2.45, 2.75) is 6.54 Å². The van der Waals surface area contributed by atoms with Gasteiger partial charge in [-0.1, -0.05) is 29.8 Å². The summed E-state index contributed by atoms with van der Waals surface area (Å²) in [5.74, 6) is 0.727. The predicted octanol–water partition coefficient (Wildman–Crippen LogP) is 3.85. The van der Waals surface area contributed by atoms with Gasteiger partial charge in [0.05, 0.1) is 0 Å². The van der Waals surface area contributed by atoms with E-state index in [1.807, 2.05) is 54.6 Å². The molecule has 96 valence electrons. The molecule has 0 aromatic heterocycles. The van der Waals surface area contributed by atoms with E-state index in [0.29, 0.717) is 11.6 Å². The van der Waals surface area contributed by atoms with Crippen LogP contribution in [0.2, 0.25) is 5.02 Å². The standard InChI is InChI=1S/C15H13ClN2O/c16-13-5-7-14(8-6-13)18-11-12-3-1-2-4-15(12)19-10-9-17/h1-8,18H,10-11H2. The number of hydrogen-bond donors (Lipinski definition) is 1. The first-order chi connectivity index (χ1) is 9.29. The predicted molar refractivity (Wildman–Crippen MR) is 76.3 cm³/mol. The number of nitrogens with one attached hydrogen (secondary N) is 1. The number of nitriles is 1.